The van der Waals surface area contributed by atoms with Crippen LogP contribution in [0.2, 0.25) is 0 Å². The third-order valence-corrected chi connectivity index (χ3v) is 2.17. The first-order valence-corrected chi connectivity index (χ1v) is 5.03. The van der Waals surface area contributed by atoms with E-state index in [-0.39, 0.29) is 5.97 Å². The van der Waals surface area contributed by atoms with Crippen molar-refractivity contribution in [2.24, 2.45) is 0 Å². The zero-order valence-electron chi connectivity index (χ0n) is 8.72. The first kappa shape index (κ1) is 10.3. The second-order valence-corrected chi connectivity index (χ2v) is 3.35. The van der Waals surface area contributed by atoms with E-state index in [2.05, 4.69) is 6.08 Å². The van der Waals surface area contributed by atoms with Gasteiger partial charge in [0.2, 0.25) is 0 Å². The van der Waals surface area contributed by atoms with Gasteiger partial charge in [0.05, 0.1) is 17.7 Å². The van der Waals surface area contributed by atoms with Gasteiger partial charge in [0.25, 0.3) is 0 Å². The summed E-state index contributed by atoms with van der Waals surface area (Å²) in [6.07, 6.45) is 10.3. The Labute approximate surface area is 94.6 Å². The number of carbonyl (C=O) groups is 1. The normalized spacial score (nSPS) is 12.9. The van der Waals surface area contributed by atoms with Gasteiger partial charge in [-0.2, -0.15) is 0 Å². The molecule has 0 saturated carbocycles. The van der Waals surface area contributed by atoms with Crippen LogP contribution in [0.1, 0.15) is 10.4 Å². The molecule has 0 aromatic heterocycles. The van der Waals surface area contributed by atoms with Crippen molar-refractivity contribution in [2.45, 2.75) is 0 Å². The van der Waals surface area contributed by atoms with E-state index in [4.69, 9.17) is 4.74 Å². The first-order chi connectivity index (χ1) is 7.86. The zero-order valence-corrected chi connectivity index (χ0v) is 8.72. The SMILES string of the molecule is O=C(OCC1=CC=[C+]C=C1)c1ccccc1. The molecular formula is C14H11O2+. The number of rotatable bonds is 3. The maximum atomic E-state index is 11.6. The number of benzene rings is 1. The van der Waals surface area contributed by atoms with Crippen molar-refractivity contribution in [2.75, 3.05) is 6.61 Å². The Morgan fingerprint density at radius 2 is 2.06 bits per heavy atom. The molecule has 0 N–H and O–H groups in total. The van der Waals surface area contributed by atoms with Gasteiger partial charge in [0.15, 0.2) is 0 Å². The fourth-order valence-corrected chi connectivity index (χ4v) is 1.32. The van der Waals surface area contributed by atoms with Crippen LogP contribution in [0.4, 0.5) is 0 Å². The lowest BCUT2D eigenvalue weighted by Crippen LogP contribution is -2.07. The lowest BCUT2D eigenvalue weighted by atomic mass is 10.2. The molecule has 0 heterocycles. The van der Waals surface area contributed by atoms with Gasteiger partial charge >= 0.3 is 5.97 Å². The van der Waals surface area contributed by atoms with E-state index in [0.29, 0.717) is 12.2 Å². The van der Waals surface area contributed by atoms with Crippen LogP contribution in [0.15, 0.2) is 60.2 Å². The average molecular weight is 211 g/mol. The molecule has 0 aliphatic heterocycles. The van der Waals surface area contributed by atoms with Crippen molar-refractivity contribution in [3.63, 3.8) is 0 Å². The summed E-state index contributed by atoms with van der Waals surface area (Å²) in [5.41, 5.74) is 1.54. The van der Waals surface area contributed by atoms with Gasteiger partial charge in [-0.25, -0.2) is 4.79 Å². The molecular weight excluding hydrogens is 200 g/mol. The third kappa shape index (κ3) is 2.66. The molecule has 0 saturated heterocycles. The second-order valence-electron chi connectivity index (χ2n) is 3.35. The number of ether oxygens (including phenoxy) is 1. The van der Waals surface area contributed by atoms with Crippen LogP contribution < -0.4 is 0 Å². The highest BCUT2D eigenvalue weighted by Gasteiger charge is 2.09. The predicted molar refractivity (Wildman–Crippen MR) is 61.8 cm³/mol. The molecule has 0 fully saturated rings. The van der Waals surface area contributed by atoms with Gasteiger partial charge in [-0.3, -0.25) is 0 Å². The van der Waals surface area contributed by atoms with Crippen molar-refractivity contribution in [3.05, 3.63) is 71.8 Å². The standard InChI is InChI=1S/C14H11O2/c15-14(13-9-5-2-6-10-13)16-11-12-7-3-1-4-8-12/h2-10H,11H2/q+1. The largest absolute Gasteiger partial charge is 0.455 e. The number of esters is 1. The van der Waals surface area contributed by atoms with Crippen molar-refractivity contribution in [3.8, 4) is 0 Å². The molecule has 1 aliphatic rings. The summed E-state index contributed by atoms with van der Waals surface area (Å²) >= 11 is 0. The number of carbonyl (C=O) groups excluding carboxylic acids is 1. The molecule has 0 atom stereocenters. The highest BCUT2D eigenvalue weighted by Crippen LogP contribution is 2.06. The summed E-state index contributed by atoms with van der Waals surface area (Å²) in [4.78, 5) is 11.6. The topological polar surface area (TPSA) is 26.3 Å². The summed E-state index contributed by atoms with van der Waals surface area (Å²) in [5, 5.41) is 0. The molecule has 0 unspecified atom stereocenters. The minimum atomic E-state index is -0.298. The maximum absolute atomic E-state index is 11.6. The van der Waals surface area contributed by atoms with Gasteiger partial charge in [-0.1, -0.05) is 18.2 Å². The third-order valence-electron chi connectivity index (χ3n) is 2.17. The molecule has 0 amide bonds. The zero-order chi connectivity index (χ0) is 11.2. The molecule has 1 aliphatic carbocycles. The Morgan fingerprint density at radius 3 is 2.75 bits per heavy atom. The molecule has 1 aromatic carbocycles. The molecule has 0 radical (unpaired) electrons. The van der Waals surface area contributed by atoms with Crippen molar-refractivity contribution in [1.82, 2.24) is 0 Å². The van der Waals surface area contributed by atoms with Crippen molar-refractivity contribution >= 4 is 5.97 Å². The van der Waals surface area contributed by atoms with Crippen molar-refractivity contribution < 1.29 is 9.53 Å². The Bertz CT molecular complexity index is 453. The summed E-state index contributed by atoms with van der Waals surface area (Å²) in [7, 11) is 0. The summed E-state index contributed by atoms with van der Waals surface area (Å²) in [5.74, 6) is -0.298. The van der Waals surface area contributed by atoms with Gasteiger partial charge in [-0.05, 0) is 12.1 Å². The fourth-order valence-electron chi connectivity index (χ4n) is 1.32. The molecule has 2 rings (SSSR count). The number of allylic oxidation sites excluding steroid dienone is 4. The van der Waals surface area contributed by atoms with Crippen molar-refractivity contribution in [1.29, 1.82) is 0 Å². The lowest BCUT2D eigenvalue weighted by molar-refractivity contribution is 0.0543. The van der Waals surface area contributed by atoms with E-state index < -0.39 is 0 Å². The van der Waals surface area contributed by atoms with E-state index in [1.807, 2.05) is 30.4 Å². The summed E-state index contributed by atoms with van der Waals surface area (Å²) < 4.78 is 5.16. The molecule has 2 nitrogen and oxygen atoms in total. The van der Waals surface area contributed by atoms with Crippen LogP contribution in [-0.4, -0.2) is 12.6 Å². The quantitative estimate of drug-likeness (QED) is 0.567. The van der Waals surface area contributed by atoms with Gasteiger partial charge in [0.1, 0.15) is 24.3 Å². The van der Waals surface area contributed by atoms with E-state index >= 15 is 0 Å². The fraction of sp³-hybridized carbons (Fsp3) is 0.0714. The highest BCUT2D eigenvalue weighted by molar-refractivity contribution is 5.89. The van der Waals surface area contributed by atoms with E-state index in [9.17, 15) is 4.79 Å². The number of hydrogen-bond donors (Lipinski definition) is 0. The maximum Gasteiger partial charge on any atom is 0.338 e. The van der Waals surface area contributed by atoms with Gasteiger partial charge < -0.3 is 4.74 Å². The molecule has 16 heavy (non-hydrogen) atoms. The van der Waals surface area contributed by atoms with Crippen LogP contribution in [0.3, 0.4) is 0 Å². The van der Waals surface area contributed by atoms with E-state index in [1.54, 1.807) is 24.3 Å². The molecule has 1 aromatic rings. The highest BCUT2D eigenvalue weighted by atomic mass is 16.5. The molecule has 2 heteroatoms. The smallest absolute Gasteiger partial charge is 0.338 e. The Hall–Kier alpha value is -2.18. The molecule has 0 bridgehead atoms. The van der Waals surface area contributed by atoms with Crippen LogP contribution >= 0.6 is 0 Å². The predicted octanol–water partition coefficient (Wildman–Crippen LogP) is 2.70. The summed E-state index contributed by atoms with van der Waals surface area (Å²) in [6.45, 7) is 0.294. The average Bonchev–Trinajstić information content (AvgIpc) is 2.38. The van der Waals surface area contributed by atoms with E-state index in [0.717, 1.165) is 5.57 Å². The number of hydrogen-bond acceptors (Lipinski definition) is 2. The Morgan fingerprint density at radius 1 is 1.25 bits per heavy atom. The van der Waals surface area contributed by atoms with Gasteiger partial charge in [0, 0.05) is 6.08 Å². The summed E-state index contributed by atoms with van der Waals surface area (Å²) in [6, 6.07) is 8.97. The van der Waals surface area contributed by atoms with Crippen LogP contribution in [0.25, 0.3) is 0 Å². The Kier molecular flexibility index (Phi) is 3.27. The minimum absolute atomic E-state index is 0.294. The monoisotopic (exact) mass is 211 g/mol. The van der Waals surface area contributed by atoms with Crippen LogP contribution in [0, 0.1) is 6.08 Å². The molecule has 0 spiro atoms. The Balaban J connectivity index is 1.92. The van der Waals surface area contributed by atoms with Gasteiger partial charge in [-0.15, -0.1) is 0 Å². The first-order valence-electron chi connectivity index (χ1n) is 5.03. The van der Waals surface area contributed by atoms with Crippen LogP contribution in [-0.2, 0) is 4.74 Å². The molecule has 78 valence electrons. The van der Waals surface area contributed by atoms with Crippen LogP contribution in [0.5, 0.6) is 0 Å². The van der Waals surface area contributed by atoms with E-state index in [1.165, 1.54) is 0 Å². The minimum Gasteiger partial charge on any atom is -0.455 e. The lowest BCUT2D eigenvalue weighted by Gasteiger charge is -2.02. The second kappa shape index (κ2) is 5.06.